The molecule has 4 nitrogen and oxygen atoms in total. The number of anilines is 1. The third-order valence-electron chi connectivity index (χ3n) is 2.74. The number of ether oxygens (including phenoxy) is 1. The maximum absolute atomic E-state index is 12.3. The Labute approximate surface area is 114 Å². The van der Waals surface area contributed by atoms with E-state index in [4.69, 9.17) is 5.73 Å². The molecule has 2 aromatic rings. The zero-order valence-corrected chi connectivity index (χ0v) is 11.0. The molecule has 1 heterocycles. The van der Waals surface area contributed by atoms with Gasteiger partial charge in [-0.2, -0.15) is 0 Å². The fourth-order valence-electron chi connectivity index (χ4n) is 1.91. The Bertz CT molecular complexity index is 626. The molecular weight excluding hydrogens is 271 g/mol. The summed E-state index contributed by atoms with van der Waals surface area (Å²) in [5.41, 5.74) is 7.55. The number of pyridine rings is 1. The van der Waals surface area contributed by atoms with Gasteiger partial charge in [0.1, 0.15) is 5.75 Å². The van der Waals surface area contributed by atoms with Crippen molar-refractivity contribution in [1.82, 2.24) is 4.98 Å². The van der Waals surface area contributed by atoms with Crippen LogP contribution in [0.25, 0.3) is 10.9 Å². The van der Waals surface area contributed by atoms with E-state index in [9.17, 15) is 13.2 Å². The first-order valence-electron chi connectivity index (χ1n) is 5.87. The lowest BCUT2D eigenvalue weighted by Gasteiger charge is -2.17. The van der Waals surface area contributed by atoms with Gasteiger partial charge in [-0.1, -0.05) is 0 Å². The van der Waals surface area contributed by atoms with E-state index >= 15 is 0 Å². The van der Waals surface area contributed by atoms with Gasteiger partial charge < -0.3 is 15.4 Å². The predicted octanol–water partition coefficient (Wildman–Crippen LogP) is 2.66. The second-order valence-corrected chi connectivity index (χ2v) is 4.46. The summed E-state index contributed by atoms with van der Waals surface area (Å²) < 4.78 is 40.7. The molecule has 0 saturated carbocycles. The summed E-state index contributed by atoms with van der Waals surface area (Å²) in [5.74, 6) is -0.268. The molecule has 0 atom stereocenters. The topological polar surface area (TPSA) is 51.4 Å². The molecule has 0 fully saturated rings. The number of rotatable bonds is 3. The van der Waals surface area contributed by atoms with Gasteiger partial charge >= 0.3 is 6.36 Å². The average molecular weight is 285 g/mol. The molecule has 108 valence electrons. The fraction of sp³-hybridized carbons (Fsp3) is 0.308. The summed E-state index contributed by atoms with van der Waals surface area (Å²) in [6.45, 7) is 0.261. The Morgan fingerprint density at radius 1 is 1.25 bits per heavy atom. The van der Waals surface area contributed by atoms with Crippen LogP contribution in [-0.4, -0.2) is 25.4 Å². The molecule has 2 rings (SSSR count). The molecule has 2 N–H and O–H groups in total. The van der Waals surface area contributed by atoms with Gasteiger partial charge in [-0.25, -0.2) is 0 Å². The van der Waals surface area contributed by atoms with Gasteiger partial charge in [0, 0.05) is 31.7 Å². The van der Waals surface area contributed by atoms with Crippen molar-refractivity contribution < 1.29 is 17.9 Å². The highest BCUT2D eigenvalue weighted by Crippen LogP contribution is 2.31. The van der Waals surface area contributed by atoms with Gasteiger partial charge in [-0.05, 0) is 24.3 Å². The number of hydrogen-bond donors (Lipinski definition) is 1. The van der Waals surface area contributed by atoms with E-state index in [1.165, 1.54) is 18.2 Å². The Hall–Kier alpha value is -2.02. The molecule has 0 radical (unpaired) electrons. The second kappa shape index (κ2) is 5.16. The molecule has 0 aliphatic rings. The summed E-state index contributed by atoms with van der Waals surface area (Å²) in [6.07, 6.45) is -4.71. The molecule has 1 aromatic carbocycles. The van der Waals surface area contributed by atoms with Crippen molar-refractivity contribution in [2.75, 3.05) is 19.0 Å². The highest BCUT2D eigenvalue weighted by Gasteiger charge is 2.31. The predicted molar refractivity (Wildman–Crippen MR) is 70.6 cm³/mol. The van der Waals surface area contributed by atoms with Crippen LogP contribution < -0.4 is 15.4 Å². The number of alkyl halides is 3. The third-order valence-corrected chi connectivity index (χ3v) is 2.74. The van der Waals surface area contributed by atoms with Gasteiger partial charge in [-0.15, -0.1) is 13.2 Å². The van der Waals surface area contributed by atoms with E-state index in [0.717, 1.165) is 5.69 Å². The Morgan fingerprint density at radius 3 is 2.50 bits per heavy atom. The van der Waals surface area contributed by atoms with Crippen LogP contribution in [0.5, 0.6) is 5.75 Å². The van der Waals surface area contributed by atoms with Crippen LogP contribution >= 0.6 is 0 Å². The molecule has 0 aliphatic heterocycles. The summed E-state index contributed by atoms with van der Waals surface area (Å²) in [7, 11) is 3.60. The lowest BCUT2D eigenvalue weighted by molar-refractivity contribution is -0.274. The molecule has 0 saturated heterocycles. The van der Waals surface area contributed by atoms with Crippen molar-refractivity contribution in [3.05, 3.63) is 30.0 Å². The first-order valence-corrected chi connectivity index (χ1v) is 5.87. The summed E-state index contributed by atoms with van der Waals surface area (Å²) >= 11 is 0. The lowest BCUT2D eigenvalue weighted by atomic mass is 10.1. The van der Waals surface area contributed by atoms with Crippen molar-refractivity contribution in [1.29, 1.82) is 0 Å². The standard InChI is InChI=1S/C13H14F3N3O/c1-19(2)12-5-8(7-17)18-11-4-3-9(6-10(11)12)20-13(14,15)16/h3-6H,7,17H2,1-2H3. The Morgan fingerprint density at radius 2 is 1.95 bits per heavy atom. The number of benzene rings is 1. The molecule has 20 heavy (non-hydrogen) atoms. The molecule has 0 amide bonds. The number of aromatic nitrogens is 1. The number of fused-ring (bicyclic) bond motifs is 1. The largest absolute Gasteiger partial charge is 0.573 e. The van der Waals surface area contributed by atoms with E-state index < -0.39 is 6.36 Å². The monoisotopic (exact) mass is 285 g/mol. The molecule has 0 unspecified atom stereocenters. The molecule has 1 aromatic heterocycles. The Kier molecular flexibility index (Phi) is 3.71. The number of nitrogens with zero attached hydrogens (tertiary/aromatic N) is 2. The number of nitrogens with two attached hydrogens (primary N) is 1. The fourth-order valence-corrected chi connectivity index (χ4v) is 1.91. The van der Waals surface area contributed by atoms with Crippen LogP contribution in [-0.2, 0) is 6.54 Å². The van der Waals surface area contributed by atoms with Crippen molar-refractivity contribution >= 4 is 16.6 Å². The molecule has 0 aliphatic carbocycles. The van der Waals surface area contributed by atoms with Gasteiger partial charge in [0.05, 0.1) is 11.2 Å². The smallest absolute Gasteiger partial charge is 0.406 e. The van der Waals surface area contributed by atoms with Crippen molar-refractivity contribution in [2.24, 2.45) is 5.73 Å². The van der Waals surface area contributed by atoms with Crippen LogP contribution in [0.3, 0.4) is 0 Å². The molecule has 0 spiro atoms. The van der Waals surface area contributed by atoms with E-state index in [-0.39, 0.29) is 12.3 Å². The minimum atomic E-state index is -4.71. The maximum Gasteiger partial charge on any atom is 0.573 e. The Balaban J connectivity index is 2.58. The highest BCUT2D eigenvalue weighted by atomic mass is 19.4. The van der Waals surface area contributed by atoms with E-state index in [1.807, 2.05) is 0 Å². The van der Waals surface area contributed by atoms with Gasteiger partial charge in [0.2, 0.25) is 0 Å². The van der Waals surface area contributed by atoms with Crippen LogP contribution in [0.15, 0.2) is 24.3 Å². The minimum absolute atomic E-state index is 0.261. The van der Waals surface area contributed by atoms with Gasteiger partial charge in [0.15, 0.2) is 0 Å². The lowest BCUT2D eigenvalue weighted by Crippen LogP contribution is -2.17. The summed E-state index contributed by atoms with van der Waals surface area (Å²) in [6, 6.07) is 5.80. The molecular formula is C13H14F3N3O. The summed E-state index contributed by atoms with van der Waals surface area (Å²) in [4.78, 5) is 6.08. The molecule has 7 heteroatoms. The quantitative estimate of drug-likeness (QED) is 0.942. The van der Waals surface area contributed by atoms with Crippen molar-refractivity contribution in [3.63, 3.8) is 0 Å². The summed E-state index contributed by atoms with van der Waals surface area (Å²) in [5, 5.41) is 0.578. The van der Waals surface area contributed by atoms with E-state index in [2.05, 4.69) is 9.72 Å². The van der Waals surface area contributed by atoms with Crippen molar-refractivity contribution in [3.8, 4) is 5.75 Å². The zero-order chi connectivity index (χ0) is 14.9. The van der Waals surface area contributed by atoms with Gasteiger partial charge in [0.25, 0.3) is 0 Å². The van der Waals surface area contributed by atoms with Crippen molar-refractivity contribution in [2.45, 2.75) is 12.9 Å². The zero-order valence-electron chi connectivity index (χ0n) is 11.0. The first kappa shape index (κ1) is 14.4. The van der Waals surface area contributed by atoms with Crippen LogP contribution in [0.2, 0.25) is 0 Å². The first-order chi connectivity index (χ1) is 9.30. The average Bonchev–Trinajstić information content (AvgIpc) is 2.35. The molecule has 0 bridgehead atoms. The number of hydrogen-bond acceptors (Lipinski definition) is 4. The second-order valence-electron chi connectivity index (χ2n) is 4.46. The van der Waals surface area contributed by atoms with E-state index in [1.54, 1.807) is 25.1 Å². The minimum Gasteiger partial charge on any atom is -0.406 e. The van der Waals surface area contributed by atoms with E-state index in [0.29, 0.717) is 16.6 Å². The van der Waals surface area contributed by atoms with Crippen LogP contribution in [0, 0.1) is 0 Å². The van der Waals surface area contributed by atoms with Crippen LogP contribution in [0.4, 0.5) is 18.9 Å². The number of halogens is 3. The normalized spacial score (nSPS) is 11.7. The van der Waals surface area contributed by atoms with Crippen LogP contribution in [0.1, 0.15) is 5.69 Å². The third kappa shape index (κ3) is 3.11. The van der Waals surface area contributed by atoms with Gasteiger partial charge in [-0.3, -0.25) is 4.98 Å². The highest BCUT2D eigenvalue weighted by molar-refractivity contribution is 5.92. The maximum atomic E-state index is 12.3. The SMILES string of the molecule is CN(C)c1cc(CN)nc2ccc(OC(F)(F)F)cc12.